The van der Waals surface area contributed by atoms with Crippen molar-refractivity contribution in [1.29, 1.82) is 0 Å². The molecule has 0 heterocycles. The molecular formula is C69H126O6. The molecule has 0 aliphatic carbocycles. The molecule has 0 N–H and O–H groups in total. The molecular weight excluding hydrogens is 925 g/mol. The molecule has 0 aromatic heterocycles. The number of carbonyl (C=O) groups excluding carboxylic acids is 3. The van der Waals surface area contributed by atoms with Crippen molar-refractivity contribution in [3.63, 3.8) is 0 Å². The molecule has 1 unspecified atom stereocenters. The van der Waals surface area contributed by atoms with Gasteiger partial charge < -0.3 is 14.2 Å². The Morgan fingerprint density at radius 2 is 0.520 bits per heavy atom. The van der Waals surface area contributed by atoms with E-state index in [1.165, 1.54) is 225 Å². The quantitative estimate of drug-likeness (QED) is 0.0261. The molecule has 0 rings (SSSR count). The summed E-state index contributed by atoms with van der Waals surface area (Å²) in [4.78, 5) is 38.3. The second-order valence-electron chi connectivity index (χ2n) is 22.4. The number of allylic oxidation sites excluding steroid dienone is 8. The van der Waals surface area contributed by atoms with Crippen molar-refractivity contribution in [2.75, 3.05) is 13.2 Å². The number of rotatable bonds is 61. The Morgan fingerprint density at radius 3 is 0.813 bits per heavy atom. The van der Waals surface area contributed by atoms with Crippen LogP contribution in [0.2, 0.25) is 0 Å². The van der Waals surface area contributed by atoms with Gasteiger partial charge in [-0.1, -0.05) is 326 Å². The Balaban J connectivity index is 4.25. The largest absolute Gasteiger partial charge is 0.462 e. The van der Waals surface area contributed by atoms with Crippen LogP contribution in [0.3, 0.4) is 0 Å². The maximum Gasteiger partial charge on any atom is 0.306 e. The zero-order valence-corrected chi connectivity index (χ0v) is 50.3. The number of hydrogen-bond acceptors (Lipinski definition) is 6. The van der Waals surface area contributed by atoms with Gasteiger partial charge in [-0.3, -0.25) is 14.4 Å². The molecule has 0 saturated carbocycles. The molecule has 0 saturated heterocycles. The second-order valence-corrected chi connectivity index (χ2v) is 22.4. The maximum atomic E-state index is 12.9. The van der Waals surface area contributed by atoms with Crippen LogP contribution in [-0.4, -0.2) is 37.2 Å². The van der Waals surface area contributed by atoms with Gasteiger partial charge in [-0.2, -0.15) is 0 Å². The lowest BCUT2D eigenvalue weighted by Crippen LogP contribution is -2.30. The van der Waals surface area contributed by atoms with Crippen LogP contribution in [0.25, 0.3) is 0 Å². The van der Waals surface area contributed by atoms with Crippen LogP contribution in [0, 0.1) is 0 Å². The van der Waals surface area contributed by atoms with Gasteiger partial charge in [0.15, 0.2) is 6.10 Å². The fourth-order valence-corrected chi connectivity index (χ4v) is 9.91. The van der Waals surface area contributed by atoms with Crippen molar-refractivity contribution in [3.8, 4) is 0 Å². The van der Waals surface area contributed by atoms with Gasteiger partial charge >= 0.3 is 17.9 Å². The van der Waals surface area contributed by atoms with Crippen molar-refractivity contribution in [1.82, 2.24) is 0 Å². The van der Waals surface area contributed by atoms with Crippen LogP contribution in [0.15, 0.2) is 48.6 Å². The zero-order valence-electron chi connectivity index (χ0n) is 50.3. The highest BCUT2D eigenvalue weighted by molar-refractivity contribution is 5.71. The van der Waals surface area contributed by atoms with Crippen LogP contribution in [0.1, 0.15) is 355 Å². The summed E-state index contributed by atoms with van der Waals surface area (Å²) in [6, 6.07) is 0. The fraction of sp³-hybridized carbons (Fsp3) is 0.841. The number of carbonyl (C=O) groups is 3. The highest BCUT2D eigenvalue weighted by Gasteiger charge is 2.19. The zero-order chi connectivity index (χ0) is 54.3. The molecule has 1 atom stereocenters. The third kappa shape index (κ3) is 62.1. The molecule has 6 heteroatoms. The number of ether oxygens (including phenoxy) is 3. The van der Waals surface area contributed by atoms with Crippen LogP contribution in [0.4, 0.5) is 0 Å². The first-order chi connectivity index (χ1) is 37.0. The molecule has 0 aromatic carbocycles. The summed E-state index contributed by atoms with van der Waals surface area (Å²) >= 11 is 0. The molecule has 0 radical (unpaired) electrons. The topological polar surface area (TPSA) is 78.9 Å². The Hall–Kier alpha value is -2.63. The van der Waals surface area contributed by atoms with E-state index in [0.717, 1.165) is 89.9 Å². The van der Waals surface area contributed by atoms with Gasteiger partial charge in [0.1, 0.15) is 13.2 Å². The molecule has 75 heavy (non-hydrogen) atoms. The first-order valence-corrected chi connectivity index (χ1v) is 33.1. The first-order valence-electron chi connectivity index (χ1n) is 33.1. The normalized spacial score (nSPS) is 12.3. The highest BCUT2D eigenvalue weighted by atomic mass is 16.6. The van der Waals surface area contributed by atoms with Gasteiger partial charge in [-0.25, -0.2) is 0 Å². The van der Waals surface area contributed by atoms with Crippen molar-refractivity contribution in [3.05, 3.63) is 48.6 Å². The fourth-order valence-electron chi connectivity index (χ4n) is 9.91. The highest BCUT2D eigenvalue weighted by Crippen LogP contribution is 2.18. The van der Waals surface area contributed by atoms with E-state index in [1.807, 2.05) is 0 Å². The predicted molar refractivity (Wildman–Crippen MR) is 325 cm³/mol. The molecule has 6 nitrogen and oxygen atoms in total. The lowest BCUT2D eigenvalue weighted by atomic mass is 10.0. The molecule has 438 valence electrons. The third-order valence-corrected chi connectivity index (χ3v) is 14.8. The van der Waals surface area contributed by atoms with Gasteiger partial charge in [0.05, 0.1) is 0 Å². The molecule has 0 spiro atoms. The smallest absolute Gasteiger partial charge is 0.306 e. The predicted octanol–water partition coefficient (Wildman–Crippen LogP) is 22.6. The van der Waals surface area contributed by atoms with E-state index in [4.69, 9.17) is 14.2 Å². The first kappa shape index (κ1) is 72.4. The summed E-state index contributed by atoms with van der Waals surface area (Å²) in [7, 11) is 0. The van der Waals surface area contributed by atoms with Crippen LogP contribution in [-0.2, 0) is 28.6 Å². The van der Waals surface area contributed by atoms with E-state index in [-0.39, 0.29) is 31.1 Å². The average molecular weight is 1050 g/mol. The van der Waals surface area contributed by atoms with Gasteiger partial charge in [0, 0.05) is 19.3 Å². The van der Waals surface area contributed by atoms with E-state index < -0.39 is 6.10 Å². The van der Waals surface area contributed by atoms with Gasteiger partial charge in [0.2, 0.25) is 0 Å². The summed E-state index contributed by atoms with van der Waals surface area (Å²) in [6.45, 7) is 6.58. The number of hydrogen-bond donors (Lipinski definition) is 0. The van der Waals surface area contributed by atoms with E-state index in [2.05, 4.69) is 69.4 Å². The summed E-state index contributed by atoms with van der Waals surface area (Å²) in [5.41, 5.74) is 0. The van der Waals surface area contributed by atoms with Crippen LogP contribution < -0.4 is 0 Å². The average Bonchev–Trinajstić information content (AvgIpc) is 3.41. The number of esters is 3. The summed E-state index contributed by atoms with van der Waals surface area (Å²) in [5.74, 6) is -0.856. The molecule has 0 amide bonds. The van der Waals surface area contributed by atoms with Gasteiger partial charge in [-0.05, 0) is 57.8 Å². The minimum atomic E-state index is -0.775. The van der Waals surface area contributed by atoms with E-state index in [1.54, 1.807) is 0 Å². The standard InChI is InChI=1S/C69H126O6/c1-4-7-10-13-16-19-22-25-27-29-31-33-34-35-37-38-40-42-44-47-50-53-56-59-62-68(71)74-65-66(64-73-67(70)61-58-55-52-49-46-24-21-18-15-12-9-6-3)75-69(72)63-60-57-54-51-48-45-43-41-39-36-32-30-28-26-23-20-17-14-11-8-5-2/h8,11,17,20,26,28,32,36,66H,4-7,9-10,12-16,18-19,21-25,27,29-31,33-35,37-65H2,1-3H3/b11-8-,20-17-,28-26-,36-32-. The minimum absolute atomic E-state index is 0.0713. The van der Waals surface area contributed by atoms with Gasteiger partial charge in [0.25, 0.3) is 0 Å². The van der Waals surface area contributed by atoms with Crippen molar-refractivity contribution >= 4 is 17.9 Å². The number of unbranched alkanes of at least 4 members (excludes halogenated alkanes) is 42. The van der Waals surface area contributed by atoms with Gasteiger partial charge in [-0.15, -0.1) is 0 Å². The summed E-state index contributed by atoms with van der Waals surface area (Å²) < 4.78 is 16.9. The summed E-state index contributed by atoms with van der Waals surface area (Å²) in [6.07, 6.45) is 79.8. The maximum absolute atomic E-state index is 12.9. The lowest BCUT2D eigenvalue weighted by Gasteiger charge is -2.18. The summed E-state index contributed by atoms with van der Waals surface area (Å²) in [5, 5.41) is 0. The SMILES string of the molecule is CC/C=C\C/C=C\C/C=C\C/C=C\CCCCCCCCCCC(=O)OC(COC(=O)CCCCCCCCCCCCCC)COC(=O)CCCCCCCCCCCCCCCCCCCCCCCCCC. The molecule has 0 aromatic rings. The Bertz CT molecular complexity index is 1300. The monoisotopic (exact) mass is 1050 g/mol. The molecule has 0 aliphatic rings. The van der Waals surface area contributed by atoms with Crippen molar-refractivity contribution in [2.45, 2.75) is 361 Å². The lowest BCUT2D eigenvalue weighted by molar-refractivity contribution is -0.167. The second kappa shape index (κ2) is 63.9. The Morgan fingerprint density at radius 1 is 0.280 bits per heavy atom. The molecule has 0 aliphatic heterocycles. The molecule has 0 fully saturated rings. The van der Waals surface area contributed by atoms with E-state index in [0.29, 0.717) is 19.3 Å². The van der Waals surface area contributed by atoms with E-state index >= 15 is 0 Å². The van der Waals surface area contributed by atoms with Crippen molar-refractivity contribution in [2.24, 2.45) is 0 Å². The molecule has 0 bridgehead atoms. The van der Waals surface area contributed by atoms with E-state index in [9.17, 15) is 14.4 Å². The van der Waals surface area contributed by atoms with Crippen LogP contribution >= 0.6 is 0 Å². The van der Waals surface area contributed by atoms with Crippen molar-refractivity contribution < 1.29 is 28.6 Å². The third-order valence-electron chi connectivity index (χ3n) is 14.8. The minimum Gasteiger partial charge on any atom is -0.462 e. The Labute approximate surface area is 467 Å². The Kier molecular flexibility index (Phi) is 61.7. The van der Waals surface area contributed by atoms with Crippen LogP contribution in [0.5, 0.6) is 0 Å².